The SMILES string of the molecule is COc1cc([C@@H](N)[C@@H](O)C2CCCCC2)c(OC)cc1Br.Cl. The quantitative estimate of drug-likeness (QED) is 0.796. The zero-order valence-electron chi connectivity index (χ0n) is 13.0. The van der Waals surface area contributed by atoms with Gasteiger partial charge in [-0.2, -0.15) is 0 Å². The molecule has 0 radical (unpaired) electrons. The first-order valence-corrected chi connectivity index (χ1v) is 8.22. The Bertz CT molecular complexity index is 481. The summed E-state index contributed by atoms with van der Waals surface area (Å²) in [5.74, 6) is 1.63. The minimum absolute atomic E-state index is 0. The first kappa shape index (κ1) is 19.6. The number of hydrogen-bond donors (Lipinski definition) is 2. The van der Waals surface area contributed by atoms with Crippen LogP contribution in [0.3, 0.4) is 0 Å². The lowest BCUT2D eigenvalue weighted by molar-refractivity contribution is 0.0610. The molecule has 3 N–H and O–H groups in total. The molecule has 1 aliphatic rings. The van der Waals surface area contributed by atoms with Crippen LogP contribution < -0.4 is 15.2 Å². The molecule has 6 heteroatoms. The van der Waals surface area contributed by atoms with E-state index in [1.807, 2.05) is 12.1 Å². The highest BCUT2D eigenvalue weighted by molar-refractivity contribution is 9.10. The van der Waals surface area contributed by atoms with Crippen molar-refractivity contribution in [2.45, 2.75) is 44.2 Å². The van der Waals surface area contributed by atoms with Crippen LogP contribution in [0, 0.1) is 5.92 Å². The van der Waals surface area contributed by atoms with Crippen LogP contribution in [0.1, 0.15) is 43.7 Å². The minimum atomic E-state index is -0.551. The third-order valence-electron chi connectivity index (χ3n) is 4.36. The molecule has 4 nitrogen and oxygen atoms in total. The second kappa shape index (κ2) is 8.96. The van der Waals surface area contributed by atoms with Crippen LogP contribution in [0.5, 0.6) is 11.5 Å². The molecule has 22 heavy (non-hydrogen) atoms. The predicted molar refractivity (Wildman–Crippen MR) is 94.0 cm³/mol. The van der Waals surface area contributed by atoms with Crippen LogP contribution in [0.2, 0.25) is 0 Å². The lowest BCUT2D eigenvalue weighted by Gasteiger charge is -2.31. The maximum absolute atomic E-state index is 10.6. The van der Waals surface area contributed by atoms with E-state index in [1.54, 1.807) is 14.2 Å². The van der Waals surface area contributed by atoms with Gasteiger partial charge in [-0.25, -0.2) is 0 Å². The van der Waals surface area contributed by atoms with E-state index >= 15 is 0 Å². The molecule has 2 atom stereocenters. The van der Waals surface area contributed by atoms with Crippen molar-refractivity contribution in [3.8, 4) is 11.5 Å². The number of hydrogen-bond acceptors (Lipinski definition) is 4. The Labute approximate surface area is 146 Å². The fourth-order valence-electron chi connectivity index (χ4n) is 3.10. The molecule has 0 aliphatic heterocycles. The molecule has 0 aromatic heterocycles. The molecule has 2 rings (SSSR count). The number of aliphatic hydroxyl groups excluding tert-OH is 1. The minimum Gasteiger partial charge on any atom is -0.496 e. The van der Waals surface area contributed by atoms with Gasteiger partial charge in [0.25, 0.3) is 0 Å². The van der Waals surface area contributed by atoms with E-state index in [0.717, 1.165) is 22.9 Å². The molecule has 1 aliphatic carbocycles. The van der Waals surface area contributed by atoms with Gasteiger partial charge in [0.05, 0.1) is 30.8 Å². The second-order valence-electron chi connectivity index (χ2n) is 5.64. The van der Waals surface area contributed by atoms with E-state index < -0.39 is 12.1 Å². The molecule has 0 saturated heterocycles. The number of nitrogens with two attached hydrogens (primary N) is 1. The third kappa shape index (κ3) is 4.28. The van der Waals surface area contributed by atoms with E-state index in [1.165, 1.54) is 19.3 Å². The van der Waals surface area contributed by atoms with Crippen LogP contribution in [0.25, 0.3) is 0 Å². The van der Waals surface area contributed by atoms with Gasteiger partial charge in [-0.05, 0) is 46.8 Å². The zero-order chi connectivity index (χ0) is 15.4. The molecule has 1 saturated carbocycles. The first-order chi connectivity index (χ1) is 10.1. The molecule has 0 amide bonds. The van der Waals surface area contributed by atoms with Crippen molar-refractivity contribution < 1.29 is 14.6 Å². The zero-order valence-corrected chi connectivity index (χ0v) is 15.5. The number of benzene rings is 1. The molecule has 1 fully saturated rings. The van der Waals surface area contributed by atoms with Gasteiger partial charge in [-0.3, -0.25) is 0 Å². The molecule has 1 aromatic rings. The van der Waals surface area contributed by atoms with E-state index in [0.29, 0.717) is 11.5 Å². The maximum Gasteiger partial charge on any atom is 0.133 e. The van der Waals surface area contributed by atoms with Crippen LogP contribution in [-0.2, 0) is 0 Å². The number of ether oxygens (including phenoxy) is 2. The number of methoxy groups -OCH3 is 2. The monoisotopic (exact) mass is 393 g/mol. The van der Waals surface area contributed by atoms with Crippen LogP contribution in [0.15, 0.2) is 16.6 Å². The van der Waals surface area contributed by atoms with Gasteiger partial charge in [0.15, 0.2) is 0 Å². The Hall–Kier alpha value is -0.490. The van der Waals surface area contributed by atoms with Gasteiger partial charge in [0.1, 0.15) is 11.5 Å². The molecule has 1 aromatic carbocycles. The predicted octanol–water partition coefficient (Wildman–Crippen LogP) is 3.83. The van der Waals surface area contributed by atoms with Gasteiger partial charge in [-0.15, -0.1) is 12.4 Å². The van der Waals surface area contributed by atoms with E-state index in [-0.39, 0.29) is 18.3 Å². The van der Waals surface area contributed by atoms with Crippen molar-refractivity contribution in [3.63, 3.8) is 0 Å². The average molecular weight is 395 g/mol. The Kier molecular flexibility index (Phi) is 7.97. The summed E-state index contributed by atoms with van der Waals surface area (Å²) in [6, 6.07) is 3.21. The Morgan fingerprint density at radius 3 is 2.27 bits per heavy atom. The summed E-state index contributed by atoms with van der Waals surface area (Å²) in [4.78, 5) is 0. The highest BCUT2D eigenvalue weighted by atomic mass is 79.9. The van der Waals surface area contributed by atoms with Gasteiger partial charge >= 0.3 is 0 Å². The van der Waals surface area contributed by atoms with Crippen molar-refractivity contribution in [1.82, 2.24) is 0 Å². The summed E-state index contributed by atoms with van der Waals surface area (Å²) in [6.45, 7) is 0. The highest BCUT2D eigenvalue weighted by Crippen LogP contribution is 2.38. The topological polar surface area (TPSA) is 64.7 Å². The fourth-order valence-corrected chi connectivity index (χ4v) is 3.58. The fraction of sp³-hybridized carbons (Fsp3) is 0.625. The van der Waals surface area contributed by atoms with Crippen molar-refractivity contribution in [2.24, 2.45) is 11.7 Å². The van der Waals surface area contributed by atoms with Gasteiger partial charge in [0.2, 0.25) is 0 Å². The smallest absolute Gasteiger partial charge is 0.133 e. The van der Waals surface area contributed by atoms with E-state index in [2.05, 4.69) is 15.9 Å². The van der Waals surface area contributed by atoms with Crippen molar-refractivity contribution >= 4 is 28.3 Å². The highest BCUT2D eigenvalue weighted by Gasteiger charge is 2.29. The summed E-state index contributed by atoms with van der Waals surface area (Å²) in [7, 11) is 3.22. The second-order valence-corrected chi connectivity index (χ2v) is 6.50. The average Bonchev–Trinajstić information content (AvgIpc) is 2.54. The summed E-state index contributed by atoms with van der Waals surface area (Å²) in [5.41, 5.74) is 7.11. The van der Waals surface area contributed by atoms with E-state index in [9.17, 15) is 5.11 Å². The van der Waals surface area contributed by atoms with Crippen LogP contribution in [-0.4, -0.2) is 25.4 Å². The van der Waals surface area contributed by atoms with Crippen molar-refractivity contribution in [2.75, 3.05) is 14.2 Å². The molecular formula is C16H25BrClNO3. The molecule has 0 bridgehead atoms. The number of rotatable bonds is 5. The largest absolute Gasteiger partial charge is 0.496 e. The Morgan fingerprint density at radius 1 is 1.14 bits per heavy atom. The summed E-state index contributed by atoms with van der Waals surface area (Å²) in [6.07, 6.45) is 5.15. The molecule has 0 spiro atoms. The molecule has 0 unspecified atom stereocenters. The number of aliphatic hydroxyl groups is 1. The molecule has 0 heterocycles. The summed E-state index contributed by atoms with van der Waals surface area (Å²) < 4.78 is 11.5. The number of halogens is 2. The first-order valence-electron chi connectivity index (χ1n) is 7.43. The Balaban J connectivity index is 0.00000242. The van der Waals surface area contributed by atoms with Gasteiger partial charge < -0.3 is 20.3 Å². The Morgan fingerprint density at radius 2 is 1.73 bits per heavy atom. The van der Waals surface area contributed by atoms with Crippen molar-refractivity contribution in [1.29, 1.82) is 0 Å². The van der Waals surface area contributed by atoms with Crippen molar-refractivity contribution in [3.05, 3.63) is 22.2 Å². The lowest BCUT2D eigenvalue weighted by atomic mass is 9.81. The van der Waals surface area contributed by atoms with Crippen LogP contribution >= 0.6 is 28.3 Å². The van der Waals surface area contributed by atoms with Gasteiger partial charge in [0, 0.05) is 5.56 Å². The maximum atomic E-state index is 10.6. The summed E-state index contributed by atoms with van der Waals surface area (Å²) in [5, 5.41) is 10.6. The van der Waals surface area contributed by atoms with Gasteiger partial charge in [-0.1, -0.05) is 19.3 Å². The van der Waals surface area contributed by atoms with Crippen LogP contribution in [0.4, 0.5) is 0 Å². The molecular weight excluding hydrogens is 370 g/mol. The standard InChI is InChI=1S/C16H24BrNO3.ClH/c1-20-13-9-12(17)14(21-2)8-11(13)15(18)16(19)10-6-4-3-5-7-10;/h8-10,15-16,19H,3-7,18H2,1-2H3;1H/t15-,16+;/m1./s1. The third-order valence-corrected chi connectivity index (χ3v) is 4.98. The summed E-state index contributed by atoms with van der Waals surface area (Å²) >= 11 is 3.44. The lowest BCUT2D eigenvalue weighted by Crippen LogP contribution is -2.34. The molecule has 126 valence electrons. The normalized spacial score (nSPS) is 18.2. The van der Waals surface area contributed by atoms with E-state index in [4.69, 9.17) is 15.2 Å².